The summed E-state index contributed by atoms with van der Waals surface area (Å²) in [6.45, 7) is 4.88. The van der Waals surface area contributed by atoms with E-state index in [4.69, 9.17) is 0 Å². The summed E-state index contributed by atoms with van der Waals surface area (Å²) >= 11 is 1.81. The molecule has 0 spiro atoms. The average Bonchev–Trinajstić information content (AvgIpc) is 2.28. The molecule has 1 nitrogen and oxygen atoms in total. The van der Waals surface area contributed by atoms with Crippen molar-refractivity contribution in [2.75, 3.05) is 12.8 Å². The fraction of sp³-hybridized carbons (Fsp3) is 0.538. The lowest BCUT2D eigenvalue weighted by atomic mass is 10.1. The fourth-order valence-electron chi connectivity index (χ4n) is 1.58. The third kappa shape index (κ3) is 4.64. The van der Waals surface area contributed by atoms with E-state index in [1.807, 2.05) is 18.7 Å². The highest BCUT2D eigenvalue weighted by atomic mass is 32.2. The summed E-state index contributed by atoms with van der Waals surface area (Å²) in [5, 5.41) is 3.84. The highest BCUT2D eigenvalue weighted by Gasteiger charge is 2.11. The summed E-state index contributed by atoms with van der Waals surface area (Å²) in [5.74, 6) is -1.02. The van der Waals surface area contributed by atoms with Crippen molar-refractivity contribution >= 4 is 11.8 Å². The molecule has 0 amide bonds. The van der Waals surface area contributed by atoms with Gasteiger partial charge in [-0.25, -0.2) is 8.78 Å². The Morgan fingerprint density at radius 1 is 1.29 bits per heavy atom. The van der Waals surface area contributed by atoms with Crippen LogP contribution in [-0.2, 0) is 0 Å². The lowest BCUT2D eigenvalue weighted by molar-refractivity contribution is 0.512. The zero-order valence-corrected chi connectivity index (χ0v) is 11.3. The van der Waals surface area contributed by atoms with E-state index in [1.165, 1.54) is 12.1 Å². The summed E-state index contributed by atoms with van der Waals surface area (Å²) in [7, 11) is 0. The minimum absolute atomic E-state index is 0.0929. The highest BCUT2D eigenvalue weighted by molar-refractivity contribution is 7.99. The van der Waals surface area contributed by atoms with Crippen LogP contribution in [0.2, 0.25) is 0 Å². The molecule has 96 valence electrons. The molecule has 0 saturated heterocycles. The molecule has 0 bridgehead atoms. The maximum atomic E-state index is 13.5. The molecule has 4 heteroatoms. The standard InChI is InChI=1S/C13H19F2NS/c1-9(17-3)6-7-16-10(2)12-5-4-11(14)8-13(12)15/h4-5,8-10,16H,6-7H2,1-3H3. The van der Waals surface area contributed by atoms with Crippen LogP contribution in [0.3, 0.4) is 0 Å². The molecule has 0 saturated carbocycles. The van der Waals surface area contributed by atoms with Crippen LogP contribution in [-0.4, -0.2) is 18.1 Å². The molecule has 0 aliphatic carbocycles. The minimum Gasteiger partial charge on any atom is -0.310 e. The Hall–Kier alpha value is -0.610. The van der Waals surface area contributed by atoms with Crippen LogP contribution >= 0.6 is 11.8 Å². The lowest BCUT2D eigenvalue weighted by Gasteiger charge is -2.16. The van der Waals surface area contributed by atoms with Crippen molar-refractivity contribution < 1.29 is 8.78 Å². The zero-order valence-electron chi connectivity index (χ0n) is 10.5. The number of hydrogen-bond acceptors (Lipinski definition) is 2. The largest absolute Gasteiger partial charge is 0.310 e. The van der Waals surface area contributed by atoms with Crippen molar-refractivity contribution in [3.63, 3.8) is 0 Å². The first-order valence-corrected chi connectivity index (χ1v) is 7.04. The van der Waals surface area contributed by atoms with E-state index in [0.29, 0.717) is 10.8 Å². The van der Waals surface area contributed by atoms with Gasteiger partial charge in [-0.15, -0.1) is 0 Å². The van der Waals surface area contributed by atoms with Gasteiger partial charge in [0, 0.05) is 22.9 Å². The zero-order chi connectivity index (χ0) is 12.8. The lowest BCUT2D eigenvalue weighted by Crippen LogP contribution is -2.22. The van der Waals surface area contributed by atoms with Gasteiger partial charge in [-0.1, -0.05) is 13.0 Å². The highest BCUT2D eigenvalue weighted by Crippen LogP contribution is 2.18. The van der Waals surface area contributed by atoms with Gasteiger partial charge in [0.2, 0.25) is 0 Å². The van der Waals surface area contributed by atoms with Gasteiger partial charge < -0.3 is 5.32 Å². The molecule has 0 aliphatic rings. The van der Waals surface area contributed by atoms with Crippen molar-refractivity contribution in [1.82, 2.24) is 5.32 Å². The number of halogens is 2. The maximum Gasteiger partial charge on any atom is 0.130 e. The minimum atomic E-state index is -0.533. The first-order chi connectivity index (χ1) is 8.04. The van der Waals surface area contributed by atoms with Crippen molar-refractivity contribution in [3.05, 3.63) is 35.4 Å². The van der Waals surface area contributed by atoms with Crippen LogP contribution in [0.1, 0.15) is 31.9 Å². The summed E-state index contributed by atoms with van der Waals surface area (Å²) < 4.78 is 26.2. The molecule has 0 heterocycles. The van der Waals surface area contributed by atoms with Crippen molar-refractivity contribution in [1.29, 1.82) is 0 Å². The second-order valence-corrected chi connectivity index (χ2v) is 5.45. The van der Waals surface area contributed by atoms with Crippen LogP contribution in [0.4, 0.5) is 8.78 Å². The van der Waals surface area contributed by atoms with Crippen LogP contribution < -0.4 is 5.32 Å². The second-order valence-electron chi connectivity index (χ2n) is 4.18. The number of benzene rings is 1. The number of thioether (sulfide) groups is 1. The Labute approximate surface area is 106 Å². The summed E-state index contributed by atoms with van der Waals surface area (Å²) in [4.78, 5) is 0. The molecule has 0 fully saturated rings. The van der Waals surface area contributed by atoms with Crippen LogP contribution in [0.5, 0.6) is 0 Å². The monoisotopic (exact) mass is 259 g/mol. The first-order valence-electron chi connectivity index (χ1n) is 5.75. The molecular formula is C13H19F2NS. The molecule has 1 aromatic rings. The van der Waals surface area contributed by atoms with Gasteiger partial charge in [0.1, 0.15) is 11.6 Å². The second kappa shape index (κ2) is 6.97. The van der Waals surface area contributed by atoms with E-state index in [1.54, 1.807) is 0 Å². The molecular weight excluding hydrogens is 240 g/mol. The maximum absolute atomic E-state index is 13.5. The molecule has 1 N–H and O–H groups in total. The van der Waals surface area contributed by atoms with E-state index in [2.05, 4.69) is 18.5 Å². The van der Waals surface area contributed by atoms with Crippen LogP contribution in [0.25, 0.3) is 0 Å². The van der Waals surface area contributed by atoms with E-state index < -0.39 is 11.6 Å². The van der Waals surface area contributed by atoms with Gasteiger partial charge >= 0.3 is 0 Å². The van der Waals surface area contributed by atoms with Crippen molar-refractivity contribution in [2.24, 2.45) is 0 Å². The quantitative estimate of drug-likeness (QED) is 0.835. The Balaban J connectivity index is 2.49. The summed E-state index contributed by atoms with van der Waals surface area (Å²) in [6, 6.07) is 3.63. The normalized spacial score (nSPS) is 14.6. The van der Waals surface area contributed by atoms with E-state index >= 15 is 0 Å². The topological polar surface area (TPSA) is 12.0 Å². The van der Waals surface area contributed by atoms with E-state index in [9.17, 15) is 8.78 Å². The Morgan fingerprint density at radius 3 is 2.59 bits per heavy atom. The number of nitrogens with one attached hydrogen (secondary N) is 1. The fourth-order valence-corrected chi connectivity index (χ4v) is 1.94. The van der Waals surface area contributed by atoms with Crippen LogP contribution in [0, 0.1) is 11.6 Å². The molecule has 2 unspecified atom stereocenters. The van der Waals surface area contributed by atoms with Gasteiger partial charge in [-0.2, -0.15) is 11.8 Å². The number of hydrogen-bond donors (Lipinski definition) is 1. The molecule has 0 aromatic heterocycles. The molecule has 1 rings (SSSR count). The van der Waals surface area contributed by atoms with Crippen molar-refractivity contribution in [3.8, 4) is 0 Å². The molecule has 2 atom stereocenters. The van der Waals surface area contributed by atoms with Gasteiger partial charge in [-0.05, 0) is 32.2 Å². The van der Waals surface area contributed by atoms with Gasteiger partial charge in [0.05, 0.1) is 0 Å². The van der Waals surface area contributed by atoms with Gasteiger partial charge in [0.25, 0.3) is 0 Å². The first kappa shape index (κ1) is 14.5. The predicted molar refractivity (Wildman–Crippen MR) is 70.4 cm³/mol. The Morgan fingerprint density at radius 2 is 2.00 bits per heavy atom. The van der Waals surface area contributed by atoms with Crippen molar-refractivity contribution in [2.45, 2.75) is 31.6 Å². The Bertz CT molecular complexity index is 357. The average molecular weight is 259 g/mol. The molecule has 0 aliphatic heterocycles. The molecule has 1 aromatic carbocycles. The summed E-state index contributed by atoms with van der Waals surface area (Å²) in [5.41, 5.74) is 0.517. The predicted octanol–water partition coefficient (Wildman–Crippen LogP) is 3.76. The summed E-state index contributed by atoms with van der Waals surface area (Å²) in [6.07, 6.45) is 3.11. The van der Waals surface area contributed by atoms with Gasteiger partial charge in [-0.3, -0.25) is 0 Å². The van der Waals surface area contributed by atoms with E-state index in [0.717, 1.165) is 19.0 Å². The van der Waals surface area contributed by atoms with E-state index in [-0.39, 0.29) is 6.04 Å². The van der Waals surface area contributed by atoms with Gasteiger partial charge in [0.15, 0.2) is 0 Å². The Kier molecular flexibility index (Phi) is 5.92. The smallest absolute Gasteiger partial charge is 0.130 e. The SMILES string of the molecule is CSC(C)CCNC(C)c1ccc(F)cc1F. The molecule has 0 radical (unpaired) electrons. The third-order valence-electron chi connectivity index (χ3n) is 2.83. The molecule has 17 heavy (non-hydrogen) atoms. The third-order valence-corrected chi connectivity index (χ3v) is 3.87. The van der Waals surface area contributed by atoms with Crippen LogP contribution in [0.15, 0.2) is 18.2 Å². The number of rotatable bonds is 6.